The number of rotatable bonds is 6. The maximum atomic E-state index is 12.3. The molecule has 1 rings (SSSR count). The lowest BCUT2D eigenvalue weighted by Crippen LogP contribution is -2.37. The first-order valence-electron chi connectivity index (χ1n) is 7.94. The summed E-state index contributed by atoms with van der Waals surface area (Å²) >= 11 is 0. The van der Waals surface area contributed by atoms with Gasteiger partial charge in [-0.25, -0.2) is 0 Å². The molecule has 1 heterocycles. The zero-order valence-corrected chi connectivity index (χ0v) is 14.9. The standard InChI is InChI=1S/C17H26N4O3/c1-11(2)14(22)19-8-9-20-15(23)12-10-18-7-6-13(12)21-16(24)17(3,4)5/h6-7,10-11H,8-9H2,1-5H3,(H,19,22)(H,20,23)(H,18,21,24). The van der Waals surface area contributed by atoms with Gasteiger partial charge < -0.3 is 16.0 Å². The van der Waals surface area contributed by atoms with Crippen molar-refractivity contribution in [2.45, 2.75) is 34.6 Å². The average Bonchev–Trinajstić information content (AvgIpc) is 2.50. The van der Waals surface area contributed by atoms with Crippen molar-refractivity contribution in [2.24, 2.45) is 11.3 Å². The zero-order valence-electron chi connectivity index (χ0n) is 14.9. The summed E-state index contributed by atoms with van der Waals surface area (Å²) in [7, 11) is 0. The van der Waals surface area contributed by atoms with Gasteiger partial charge in [0.2, 0.25) is 11.8 Å². The highest BCUT2D eigenvalue weighted by Gasteiger charge is 2.23. The maximum absolute atomic E-state index is 12.3. The van der Waals surface area contributed by atoms with E-state index in [-0.39, 0.29) is 29.2 Å². The number of aromatic nitrogens is 1. The van der Waals surface area contributed by atoms with Gasteiger partial charge >= 0.3 is 0 Å². The molecule has 0 unspecified atom stereocenters. The molecule has 3 amide bonds. The van der Waals surface area contributed by atoms with Crippen LogP contribution in [-0.4, -0.2) is 35.8 Å². The first kappa shape index (κ1) is 19.6. The van der Waals surface area contributed by atoms with Crippen LogP contribution < -0.4 is 16.0 Å². The van der Waals surface area contributed by atoms with Crippen molar-refractivity contribution in [3.63, 3.8) is 0 Å². The zero-order chi connectivity index (χ0) is 18.3. The minimum Gasteiger partial charge on any atom is -0.354 e. The Morgan fingerprint density at radius 3 is 2.33 bits per heavy atom. The smallest absolute Gasteiger partial charge is 0.255 e. The predicted octanol–water partition coefficient (Wildman–Crippen LogP) is 1.57. The van der Waals surface area contributed by atoms with Crippen molar-refractivity contribution in [3.05, 3.63) is 24.0 Å². The summed E-state index contributed by atoms with van der Waals surface area (Å²) in [4.78, 5) is 39.7. The second-order valence-electron chi connectivity index (χ2n) is 6.83. The molecule has 0 atom stereocenters. The third kappa shape index (κ3) is 5.98. The Morgan fingerprint density at radius 2 is 1.75 bits per heavy atom. The molecule has 0 saturated carbocycles. The second kappa shape index (κ2) is 8.42. The van der Waals surface area contributed by atoms with Gasteiger partial charge in [-0.1, -0.05) is 34.6 Å². The summed E-state index contributed by atoms with van der Waals surface area (Å²) in [5.74, 6) is -0.708. The van der Waals surface area contributed by atoms with Crippen molar-refractivity contribution in [1.82, 2.24) is 15.6 Å². The van der Waals surface area contributed by atoms with E-state index in [2.05, 4.69) is 20.9 Å². The minimum atomic E-state index is -0.571. The third-order valence-corrected chi connectivity index (χ3v) is 3.23. The monoisotopic (exact) mass is 334 g/mol. The average molecular weight is 334 g/mol. The molecule has 1 aromatic heterocycles. The lowest BCUT2D eigenvalue weighted by molar-refractivity contribution is -0.124. The molecule has 3 N–H and O–H groups in total. The van der Waals surface area contributed by atoms with Crippen molar-refractivity contribution >= 4 is 23.4 Å². The Bertz CT molecular complexity index is 606. The number of amides is 3. The van der Waals surface area contributed by atoms with E-state index in [9.17, 15) is 14.4 Å². The van der Waals surface area contributed by atoms with Crippen LogP contribution in [0.1, 0.15) is 45.0 Å². The molecule has 0 saturated heterocycles. The number of nitrogens with one attached hydrogen (secondary N) is 3. The number of anilines is 1. The second-order valence-corrected chi connectivity index (χ2v) is 6.83. The van der Waals surface area contributed by atoms with Crippen LogP contribution in [0.5, 0.6) is 0 Å². The van der Waals surface area contributed by atoms with Crippen molar-refractivity contribution < 1.29 is 14.4 Å². The van der Waals surface area contributed by atoms with Gasteiger partial charge in [0, 0.05) is 36.8 Å². The van der Waals surface area contributed by atoms with Gasteiger partial charge in [-0.2, -0.15) is 0 Å². The van der Waals surface area contributed by atoms with Crippen LogP contribution in [0.2, 0.25) is 0 Å². The number of nitrogens with zero attached hydrogens (tertiary/aromatic N) is 1. The van der Waals surface area contributed by atoms with Gasteiger partial charge in [0.15, 0.2) is 0 Å². The molecular formula is C17H26N4O3. The molecular weight excluding hydrogens is 308 g/mol. The SMILES string of the molecule is CC(C)C(=O)NCCNC(=O)c1cnccc1NC(=O)C(C)(C)C. The van der Waals surface area contributed by atoms with Crippen LogP contribution in [0.15, 0.2) is 18.5 Å². The summed E-state index contributed by atoms with van der Waals surface area (Å²) in [6, 6.07) is 1.58. The quantitative estimate of drug-likeness (QED) is 0.687. The molecule has 7 heteroatoms. The molecule has 7 nitrogen and oxygen atoms in total. The lowest BCUT2D eigenvalue weighted by atomic mass is 9.95. The molecule has 0 aromatic carbocycles. The van der Waals surface area contributed by atoms with Crippen LogP contribution in [0, 0.1) is 11.3 Å². The molecule has 132 valence electrons. The van der Waals surface area contributed by atoms with Crippen molar-refractivity contribution in [1.29, 1.82) is 0 Å². The van der Waals surface area contributed by atoms with E-state index < -0.39 is 5.41 Å². The van der Waals surface area contributed by atoms with E-state index in [1.807, 2.05) is 0 Å². The van der Waals surface area contributed by atoms with Crippen LogP contribution in [0.25, 0.3) is 0 Å². The molecule has 0 spiro atoms. The van der Waals surface area contributed by atoms with Gasteiger partial charge in [-0.15, -0.1) is 0 Å². The normalized spacial score (nSPS) is 11.1. The molecule has 0 aliphatic carbocycles. The first-order chi connectivity index (χ1) is 11.1. The fraction of sp³-hybridized carbons (Fsp3) is 0.529. The fourth-order valence-electron chi connectivity index (χ4n) is 1.66. The van der Waals surface area contributed by atoms with E-state index in [4.69, 9.17) is 0 Å². The van der Waals surface area contributed by atoms with Crippen molar-refractivity contribution in [3.8, 4) is 0 Å². The van der Waals surface area contributed by atoms with E-state index in [1.54, 1.807) is 40.7 Å². The molecule has 0 aliphatic rings. The third-order valence-electron chi connectivity index (χ3n) is 3.23. The van der Waals surface area contributed by atoms with Crippen LogP contribution in [-0.2, 0) is 9.59 Å². The summed E-state index contributed by atoms with van der Waals surface area (Å²) in [6.07, 6.45) is 2.91. The number of hydrogen-bond donors (Lipinski definition) is 3. The van der Waals surface area contributed by atoms with Gasteiger partial charge in [0.1, 0.15) is 0 Å². The van der Waals surface area contributed by atoms with E-state index in [1.165, 1.54) is 12.4 Å². The predicted molar refractivity (Wildman–Crippen MR) is 92.5 cm³/mol. The highest BCUT2D eigenvalue weighted by Crippen LogP contribution is 2.19. The minimum absolute atomic E-state index is 0.0660. The number of hydrogen-bond acceptors (Lipinski definition) is 4. The molecule has 24 heavy (non-hydrogen) atoms. The Kier molecular flexibility index (Phi) is 6.88. The number of carbonyl (C=O) groups excluding carboxylic acids is 3. The van der Waals surface area contributed by atoms with Crippen LogP contribution in [0.3, 0.4) is 0 Å². The van der Waals surface area contributed by atoms with Crippen LogP contribution >= 0.6 is 0 Å². The van der Waals surface area contributed by atoms with Gasteiger partial charge in [-0.05, 0) is 6.07 Å². The molecule has 0 fully saturated rings. The summed E-state index contributed by atoms with van der Waals surface area (Å²) in [6.45, 7) is 9.61. The van der Waals surface area contributed by atoms with E-state index in [0.29, 0.717) is 18.8 Å². The van der Waals surface area contributed by atoms with Gasteiger partial charge in [0.05, 0.1) is 11.3 Å². The fourth-order valence-corrected chi connectivity index (χ4v) is 1.66. The summed E-state index contributed by atoms with van der Waals surface area (Å²) in [5.41, 5.74) is 0.122. The van der Waals surface area contributed by atoms with Gasteiger partial charge in [-0.3, -0.25) is 19.4 Å². The summed E-state index contributed by atoms with van der Waals surface area (Å²) < 4.78 is 0. The highest BCUT2D eigenvalue weighted by molar-refractivity contribution is 6.04. The molecule has 0 radical (unpaired) electrons. The largest absolute Gasteiger partial charge is 0.354 e. The summed E-state index contributed by atoms with van der Waals surface area (Å²) in [5, 5.41) is 8.16. The Hall–Kier alpha value is -2.44. The Morgan fingerprint density at radius 1 is 1.12 bits per heavy atom. The van der Waals surface area contributed by atoms with Crippen LogP contribution in [0.4, 0.5) is 5.69 Å². The first-order valence-corrected chi connectivity index (χ1v) is 7.94. The van der Waals surface area contributed by atoms with Gasteiger partial charge in [0.25, 0.3) is 5.91 Å². The highest BCUT2D eigenvalue weighted by atomic mass is 16.2. The molecule has 0 bridgehead atoms. The van der Waals surface area contributed by atoms with E-state index >= 15 is 0 Å². The number of carbonyl (C=O) groups is 3. The van der Waals surface area contributed by atoms with Crippen molar-refractivity contribution in [2.75, 3.05) is 18.4 Å². The van der Waals surface area contributed by atoms with E-state index in [0.717, 1.165) is 0 Å². The Balaban J connectivity index is 2.65. The lowest BCUT2D eigenvalue weighted by Gasteiger charge is -2.19. The topological polar surface area (TPSA) is 100 Å². The number of pyridine rings is 1. The molecule has 0 aliphatic heterocycles. The Labute approximate surface area is 142 Å². The molecule has 1 aromatic rings. The maximum Gasteiger partial charge on any atom is 0.255 e.